The first-order chi connectivity index (χ1) is 13.2. The van der Waals surface area contributed by atoms with Crippen molar-refractivity contribution in [2.45, 2.75) is 6.61 Å². The Bertz CT molecular complexity index is 1120. The molecule has 0 saturated heterocycles. The van der Waals surface area contributed by atoms with Crippen LogP contribution in [0.25, 0.3) is 33.4 Å². The molecule has 1 amide bonds. The number of primary amides is 1. The van der Waals surface area contributed by atoms with Crippen molar-refractivity contribution in [2.75, 3.05) is 0 Å². The molecule has 0 aliphatic rings. The molecular weight excluding hydrogens is 338 g/mol. The fraction of sp³-hybridized carbons (Fsp3) is 0.0455. The number of aromatic nitrogens is 2. The number of hydrogen-bond donors (Lipinski definition) is 2. The summed E-state index contributed by atoms with van der Waals surface area (Å²) in [5.41, 5.74) is 10.5. The number of carbonyl (C=O) groups excluding carboxylic acids is 1. The molecular formula is C22H17N3O2. The monoisotopic (exact) mass is 355 g/mol. The Morgan fingerprint density at radius 1 is 0.889 bits per heavy atom. The standard InChI is InChI=1S/C22H17N3O2/c23-21(27)19-11-10-17-12-18(15-4-2-1-3-5-15)20(25-22(17)24-19)16-8-6-14(13-26)7-9-16/h1-12,26H,13H2,(H2,23,27). The van der Waals surface area contributed by atoms with Gasteiger partial charge in [-0.1, -0.05) is 54.6 Å². The number of benzene rings is 2. The van der Waals surface area contributed by atoms with Crippen LogP contribution in [0.3, 0.4) is 0 Å². The third kappa shape index (κ3) is 3.28. The van der Waals surface area contributed by atoms with E-state index in [4.69, 9.17) is 10.7 Å². The molecule has 0 atom stereocenters. The first-order valence-electron chi connectivity index (χ1n) is 8.53. The molecule has 0 saturated carbocycles. The van der Waals surface area contributed by atoms with E-state index in [9.17, 15) is 9.90 Å². The summed E-state index contributed by atoms with van der Waals surface area (Å²) >= 11 is 0. The van der Waals surface area contributed by atoms with E-state index in [1.165, 1.54) is 0 Å². The zero-order chi connectivity index (χ0) is 18.8. The van der Waals surface area contributed by atoms with Gasteiger partial charge in [0.15, 0.2) is 5.65 Å². The second-order valence-corrected chi connectivity index (χ2v) is 6.21. The van der Waals surface area contributed by atoms with Crippen molar-refractivity contribution in [3.05, 3.63) is 84.1 Å². The molecule has 4 rings (SSSR count). The first kappa shape index (κ1) is 16.9. The maximum Gasteiger partial charge on any atom is 0.267 e. The maximum atomic E-state index is 11.5. The lowest BCUT2D eigenvalue weighted by Gasteiger charge is -2.12. The fourth-order valence-corrected chi connectivity index (χ4v) is 3.01. The Balaban J connectivity index is 1.97. The summed E-state index contributed by atoms with van der Waals surface area (Å²) in [6, 6.07) is 23.0. The van der Waals surface area contributed by atoms with Gasteiger partial charge in [0.25, 0.3) is 5.91 Å². The Kier molecular flexibility index (Phi) is 4.36. The molecule has 0 unspecified atom stereocenters. The summed E-state index contributed by atoms with van der Waals surface area (Å²) < 4.78 is 0. The SMILES string of the molecule is NC(=O)c1ccc2cc(-c3ccccc3)c(-c3ccc(CO)cc3)nc2n1. The molecule has 132 valence electrons. The van der Waals surface area contributed by atoms with Crippen LogP contribution in [0.4, 0.5) is 0 Å². The molecule has 2 heterocycles. The molecule has 0 fully saturated rings. The summed E-state index contributed by atoms with van der Waals surface area (Å²) in [4.78, 5) is 20.5. The van der Waals surface area contributed by atoms with Crippen LogP contribution in [-0.2, 0) is 6.61 Å². The Labute approximate surface area is 156 Å². The van der Waals surface area contributed by atoms with Gasteiger partial charge in [0.1, 0.15) is 5.69 Å². The second kappa shape index (κ2) is 6.97. The van der Waals surface area contributed by atoms with Gasteiger partial charge < -0.3 is 10.8 Å². The van der Waals surface area contributed by atoms with Crippen LogP contribution in [0.1, 0.15) is 16.1 Å². The molecule has 5 nitrogen and oxygen atoms in total. The van der Waals surface area contributed by atoms with Crippen LogP contribution < -0.4 is 5.73 Å². The van der Waals surface area contributed by atoms with Gasteiger partial charge in [0, 0.05) is 16.5 Å². The maximum absolute atomic E-state index is 11.5. The van der Waals surface area contributed by atoms with E-state index >= 15 is 0 Å². The van der Waals surface area contributed by atoms with Gasteiger partial charge >= 0.3 is 0 Å². The third-order valence-corrected chi connectivity index (χ3v) is 4.43. The molecule has 0 bridgehead atoms. The molecule has 2 aromatic carbocycles. The number of hydrogen-bond acceptors (Lipinski definition) is 4. The zero-order valence-corrected chi connectivity index (χ0v) is 14.5. The number of amides is 1. The van der Waals surface area contributed by atoms with Gasteiger partial charge in [-0.2, -0.15) is 0 Å². The van der Waals surface area contributed by atoms with E-state index in [0.717, 1.165) is 33.3 Å². The van der Waals surface area contributed by atoms with Crippen LogP contribution in [0.5, 0.6) is 0 Å². The molecule has 2 aromatic heterocycles. The third-order valence-electron chi connectivity index (χ3n) is 4.43. The van der Waals surface area contributed by atoms with E-state index < -0.39 is 5.91 Å². The van der Waals surface area contributed by atoms with Crippen LogP contribution in [0, 0.1) is 0 Å². The predicted molar refractivity (Wildman–Crippen MR) is 105 cm³/mol. The van der Waals surface area contributed by atoms with Gasteiger partial charge in [0.2, 0.25) is 0 Å². The highest BCUT2D eigenvalue weighted by Crippen LogP contribution is 2.33. The average Bonchev–Trinajstić information content (AvgIpc) is 2.73. The number of aliphatic hydroxyl groups excluding tert-OH is 1. The average molecular weight is 355 g/mol. The van der Waals surface area contributed by atoms with Crippen molar-refractivity contribution in [1.29, 1.82) is 0 Å². The normalized spacial score (nSPS) is 10.9. The summed E-state index contributed by atoms with van der Waals surface area (Å²) in [6.45, 7) is -0.0134. The molecule has 0 aliphatic carbocycles. The molecule has 0 spiro atoms. The van der Waals surface area contributed by atoms with E-state index in [-0.39, 0.29) is 12.3 Å². The summed E-state index contributed by atoms with van der Waals surface area (Å²) in [5, 5.41) is 10.1. The minimum Gasteiger partial charge on any atom is -0.392 e. The van der Waals surface area contributed by atoms with Crippen molar-refractivity contribution in [1.82, 2.24) is 9.97 Å². The first-order valence-corrected chi connectivity index (χ1v) is 8.53. The summed E-state index contributed by atoms with van der Waals surface area (Å²) in [6.07, 6.45) is 0. The number of nitrogens with two attached hydrogens (primary N) is 1. The summed E-state index contributed by atoms with van der Waals surface area (Å²) in [5.74, 6) is -0.584. The van der Waals surface area contributed by atoms with Crippen molar-refractivity contribution in [3.8, 4) is 22.4 Å². The van der Waals surface area contributed by atoms with Crippen LogP contribution >= 0.6 is 0 Å². The van der Waals surface area contributed by atoms with Crippen molar-refractivity contribution < 1.29 is 9.90 Å². The highest BCUT2D eigenvalue weighted by Gasteiger charge is 2.13. The van der Waals surface area contributed by atoms with Crippen molar-refractivity contribution >= 4 is 16.9 Å². The van der Waals surface area contributed by atoms with Gasteiger partial charge in [0.05, 0.1) is 12.3 Å². The highest BCUT2D eigenvalue weighted by atomic mass is 16.3. The molecule has 3 N–H and O–H groups in total. The summed E-state index contributed by atoms with van der Waals surface area (Å²) in [7, 11) is 0. The smallest absolute Gasteiger partial charge is 0.267 e. The number of fused-ring (bicyclic) bond motifs is 1. The number of carbonyl (C=O) groups is 1. The Hall–Kier alpha value is -3.57. The zero-order valence-electron chi connectivity index (χ0n) is 14.5. The Morgan fingerprint density at radius 2 is 1.63 bits per heavy atom. The lowest BCUT2D eigenvalue weighted by molar-refractivity contribution is 0.0996. The van der Waals surface area contributed by atoms with E-state index in [2.05, 4.69) is 4.98 Å². The van der Waals surface area contributed by atoms with Crippen LogP contribution in [0.15, 0.2) is 72.8 Å². The molecule has 4 aromatic rings. The van der Waals surface area contributed by atoms with Crippen molar-refractivity contribution in [3.63, 3.8) is 0 Å². The quantitative estimate of drug-likeness (QED) is 0.586. The number of pyridine rings is 2. The fourth-order valence-electron chi connectivity index (χ4n) is 3.01. The van der Waals surface area contributed by atoms with E-state index in [1.807, 2.05) is 60.7 Å². The molecule has 27 heavy (non-hydrogen) atoms. The molecule has 5 heteroatoms. The Morgan fingerprint density at radius 3 is 2.30 bits per heavy atom. The second-order valence-electron chi connectivity index (χ2n) is 6.21. The largest absolute Gasteiger partial charge is 0.392 e. The van der Waals surface area contributed by atoms with E-state index in [1.54, 1.807) is 12.1 Å². The minimum atomic E-state index is -0.584. The van der Waals surface area contributed by atoms with Gasteiger partial charge in [-0.05, 0) is 29.3 Å². The van der Waals surface area contributed by atoms with Gasteiger partial charge in [-0.3, -0.25) is 4.79 Å². The topological polar surface area (TPSA) is 89.1 Å². The van der Waals surface area contributed by atoms with Gasteiger partial charge in [-0.15, -0.1) is 0 Å². The van der Waals surface area contributed by atoms with Crippen LogP contribution in [0.2, 0.25) is 0 Å². The van der Waals surface area contributed by atoms with Crippen molar-refractivity contribution in [2.24, 2.45) is 5.73 Å². The van der Waals surface area contributed by atoms with Gasteiger partial charge in [-0.25, -0.2) is 9.97 Å². The van der Waals surface area contributed by atoms with Crippen LogP contribution in [-0.4, -0.2) is 21.0 Å². The van der Waals surface area contributed by atoms with E-state index in [0.29, 0.717) is 5.65 Å². The number of nitrogens with zero attached hydrogens (tertiary/aromatic N) is 2. The highest BCUT2D eigenvalue weighted by molar-refractivity contribution is 5.95. The molecule has 0 radical (unpaired) electrons. The molecule has 0 aliphatic heterocycles. The lowest BCUT2D eigenvalue weighted by Crippen LogP contribution is -2.13. The predicted octanol–water partition coefficient (Wildman–Crippen LogP) is 3.56. The number of aliphatic hydroxyl groups is 1. The number of rotatable bonds is 4. The lowest BCUT2D eigenvalue weighted by atomic mass is 9.97. The minimum absolute atomic E-state index is 0.0134.